The number of nitrogens with two attached hydrogens (primary N) is 1. The topological polar surface area (TPSA) is 69.1 Å². The highest BCUT2D eigenvalue weighted by atomic mass is 16.5. The summed E-state index contributed by atoms with van der Waals surface area (Å²) in [6, 6.07) is 1.66. The normalized spacial score (nSPS) is 9.45. The summed E-state index contributed by atoms with van der Waals surface area (Å²) >= 11 is 0. The third-order valence-corrected chi connectivity index (χ3v) is 1.23. The molecule has 0 aromatic carbocycles. The second-order valence-corrected chi connectivity index (χ2v) is 2.14. The Kier molecular flexibility index (Phi) is 2.06. The number of aromatic nitrogens is 1. The van der Waals surface area contributed by atoms with E-state index in [1.165, 1.54) is 6.26 Å². The fourth-order valence-corrected chi connectivity index (χ4v) is 0.634. The molecule has 0 radical (unpaired) electrons. The van der Waals surface area contributed by atoms with E-state index in [1.54, 1.807) is 6.07 Å². The minimum Gasteiger partial charge on any atom is -0.366 e. The first-order valence-electron chi connectivity index (χ1n) is 3.07. The minimum atomic E-state index is -0.506. The molecule has 0 aliphatic carbocycles. The Morgan fingerprint density at radius 1 is 1.82 bits per heavy atom. The largest absolute Gasteiger partial charge is 0.366 e. The van der Waals surface area contributed by atoms with Crippen LogP contribution in [0.1, 0.15) is 5.69 Å². The Bertz CT molecular complexity index is 264. The van der Waals surface area contributed by atoms with E-state index in [9.17, 15) is 4.79 Å². The van der Waals surface area contributed by atoms with Crippen molar-refractivity contribution >= 4 is 5.91 Å². The molecule has 1 aromatic rings. The number of rotatable bonds is 3. The molecule has 0 saturated carbocycles. The predicted octanol–water partition coefficient (Wildman–Crippen LogP) is 0.259. The molecule has 0 atom stereocenters. The number of primary amides is 1. The quantitative estimate of drug-likeness (QED) is 0.631. The summed E-state index contributed by atoms with van der Waals surface area (Å²) in [4.78, 5) is 10.5. The van der Waals surface area contributed by atoms with Crippen LogP contribution in [0, 0.1) is 0 Å². The van der Waals surface area contributed by atoms with E-state index < -0.39 is 5.91 Å². The van der Waals surface area contributed by atoms with E-state index >= 15 is 0 Å². The highest BCUT2D eigenvalue weighted by Crippen LogP contribution is 2.02. The fraction of sp³-hybridized carbons (Fsp3) is 0.143. The molecule has 0 aliphatic heterocycles. The van der Waals surface area contributed by atoms with Crippen molar-refractivity contribution in [1.82, 2.24) is 5.16 Å². The van der Waals surface area contributed by atoms with Gasteiger partial charge in [-0.25, -0.2) is 0 Å². The van der Waals surface area contributed by atoms with Gasteiger partial charge in [-0.15, -0.1) is 0 Å². The van der Waals surface area contributed by atoms with Gasteiger partial charge in [-0.05, 0) is 0 Å². The van der Waals surface area contributed by atoms with E-state index in [1.807, 2.05) is 0 Å². The average molecular weight is 152 g/mol. The lowest BCUT2D eigenvalue weighted by atomic mass is 10.1. The van der Waals surface area contributed by atoms with Crippen molar-refractivity contribution in [3.05, 3.63) is 30.2 Å². The van der Waals surface area contributed by atoms with Crippen LogP contribution in [0.2, 0.25) is 0 Å². The number of hydrogen-bond donors (Lipinski definition) is 1. The second kappa shape index (κ2) is 3.01. The van der Waals surface area contributed by atoms with Gasteiger partial charge >= 0.3 is 0 Å². The molecule has 0 aliphatic rings. The molecule has 1 aromatic heterocycles. The summed E-state index contributed by atoms with van der Waals surface area (Å²) in [5.41, 5.74) is 5.95. The Hall–Kier alpha value is -1.58. The molecule has 0 saturated heterocycles. The number of carbonyl (C=O) groups is 1. The van der Waals surface area contributed by atoms with Crippen LogP contribution < -0.4 is 5.73 Å². The van der Waals surface area contributed by atoms with Crippen molar-refractivity contribution in [2.45, 2.75) is 6.42 Å². The summed E-state index contributed by atoms with van der Waals surface area (Å²) < 4.78 is 4.55. The molecule has 11 heavy (non-hydrogen) atoms. The predicted molar refractivity (Wildman–Crippen MR) is 38.5 cm³/mol. The maximum Gasteiger partial charge on any atom is 0.244 e. The van der Waals surface area contributed by atoms with E-state index in [0.29, 0.717) is 17.7 Å². The summed E-state index contributed by atoms with van der Waals surface area (Å²) in [6.45, 7) is 3.47. The summed E-state index contributed by atoms with van der Waals surface area (Å²) in [5.74, 6) is -0.506. The van der Waals surface area contributed by atoms with Crippen molar-refractivity contribution in [1.29, 1.82) is 0 Å². The number of nitrogens with zero attached hydrogens (tertiary/aromatic N) is 1. The molecule has 0 bridgehead atoms. The van der Waals surface area contributed by atoms with Crippen LogP contribution >= 0.6 is 0 Å². The molecular weight excluding hydrogens is 144 g/mol. The monoisotopic (exact) mass is 152 g/mol. The first kappa shape index (κ1) is 7.53. The lowest BCUT2D eigenvalue weighted by molar-refractivity contribution is -0.114. The molecule has 4 nitrogen and oxygen atoms in total. The molecule has 1 amide bonds. The maximum absolute atomic E-state index is 10.5. The van der Waals surface area contributed by atoms with Crippen LogP contribution in [0.25, 0.3) is 0 Å². The van der Waals surface area contributed by atoms with Gasteiger partial charge in [-0.3, -0.25) is 4.79 Å². The Labute approximate surface area is 63.7 Å². The smallest absolute Gasteiger partial charge is 0.244 e. The van der Waals surface area contributed by atoms with Gasteiger partial charge < -0.3 is 10.3 Å². The van der Waals surface area contributed by atoms with Crippen LogP contribution in [0.4, 0.5) is 0 Å². The molecule has 4 heteroatoms. The highest BCUT2D eigenvalue weighted by Gasteiger charge is 2.04. The fourth-order valence-electron chi connectivity index (χ4n) is 0.634. The van der Waals surface area contributed by atoms with Gasteiger partial charge in [-0.2, -0.15) is 0 Å². The molecule has 0 fully saturated rings. The summed E-state index contributed by atoms with van der Waals surface area (Å²) in [5, 5.41) is 3.60. The first-order valence-corrected chi connectivity index (χ1v) is 3.07. The van der Waals surface area contributed by atoms with Gasteiger partial charge in [0.15, 0.2) is 0 Å². The van der Waals surface area contributed by atoms with Gasteiger partial charge in [-0.1, -0.05) is 11.7 Å². The molecule has 1 heterocycles. The Balaban J connectivity index is 2.57. The third-order valence-electron chi connectivity index (χ3n) is 1.23. The van der Waals surface area contributed by atoms with E-state index in [4.69, 9.17) is 5.73 Å². The van der Waals surface area contributed by atoms with Crippen molar-refractivity contribution in [2.24, 2.45) is 5.73 Å². The van der Waals surface area contributed by atoms with E-state index in [2.05, 4.69) is 16.3 Å². The second-order valence-electron chi connectivity index (χ2n) is 2.14. The van der Waals surface area contributed by atoms with Crippen LogP contribution in [-0.2, 0) is 11.2 Å². The Morgan fingerprint density at radius 2 is 2.55 bits per heavy atom. The number of amides is 1. The average Bonchev–Trinajstić information content (AvgIpc) is 2.39. The molecule has 0 unspecified atom stereocenters. The third kappa shape index (κ3) is 1.93. The van der Waals surface area contributed by atoms with Gasteiger partial charge in [0.1, 0.15) is 6.26 Å². The zero-order valence-electron chi connectivity index (χ0n) is 5.91. The summed E-state index contributed by atoms with van der Waals surface area (Å²) in [7, 11) is 0. The molecule has 58 valence electrons. The van der Waals surface area contributed by atoms with Gasteiger partial charge in [0, 0.05) is 18.1 Å². The van der Waals surface area contributed by atoms with Crippen LogP contribution in [0.15, 0.2) is 29.0 Å². The van der Waals surface area contributed by atoms with Gasteiger partial charge in [0.2, 0.25) is 5.91 Å². The lowest BCUT2D eigenvalue weighted by Crippen LogP contribution is -2.14. The van der Waals surface area contributed by atoms with Gasteiger partial charge in [0.25, 0.3) is 0 Å². The van der Waals surface area contributed by atoms with Crippen molar-refractivity contribution < 1.29 is 9.32 Å². The number of carbonyl (C=O) groups excluding carboxylic acids is 1. The number of hydrogen-bond acceptors (Lipinski definition) is 3. The van der Waals surface area contributed by atoms with Crippen LogP contribution in [0.5, 0.6) is 0 Å². The molecular formula is C7H8N2O2. The zero-order valence-corrected chi connectivity index (χ0v) is 5.91. The first-order chi connectivity index (χ1) is 5.20. The standard InChI is InChI=1S/C7H8N2O2/c1-5(7(8)10)4-6-2-3-11-9-6/h2-3H,1,4H2,(H2,8,10). The molecule has 1 rings (SSSR count). The van der Waals surface area contributed by atoms with E-state index in [0.717, 1.165) is 0 Å². The van der Waals surface area contributed by atoms with Crippen LogP contribution in [-0.4, -0.2) is 11.1 Å². The van der Waals surface area contributed by atoms with Crippen molar-refractivity contribution in [3.63, 3.8) is 0 Å². The van der Waals surface area contributed by atoms with Crippen molar-refractivity contribution in [2.75, 3.05) is 0 Å². The molecule has 0 spiro atoms. The van der Waals surface area contributed by atoms with Gasteiger partial charge in [0.05, 0.1) is 5.69 Å². The molecule has 2 N–H and O–H groups in total. The SMILES string of the molecule is C=C(Cc1ccon1)C(N)=O. The Morgan fingerprint density at radius 3 is 3.00 bits per heavy atom. The van der Waals surface area contributed by atoms with E-state index in [-0.39, 0.29) is 0 Å². The summed E-state index contributed by atoms with van der Waals surface area (Å²) in [6.07, 6.45) is 1.79. The van der Waals surface area contributed by atoms with Crippen LogP contribution in [0.3, 0.4) is 0 Å². The zero-order chi connectivity index (χ0) is 8.27. The highest BCUT2D eigenvalue weighted by molar-refractivity contribution is 5.91. The van der Waals surface area contributed by atoms with Crippen molar-refractivity contribution in [3.8, 4) is 0 Å². The minimum absolute atomic E-state index is 0.332. The lowest BCUT2D eigenvalue weighted by Gasteiger charge is -1.94. The maximum atomic E-state index is 10.5.